The highest BCUT2D eigenvalue weighted by Gasteiger charge is 2.42. The van der Waals surface area contributed by atoms with Crippen molar-refractivity contribution in [3.63, 3.8) is 0 Å². The molecule has 1 aliphatic heterocycles. The quantitative estimate of drug-likeness (QED) is 0.115. The largest absolute Gasteiger partial charge is 0.467 e. The van der Waals surface area contributed by atoms with Gasteiger partial charge in [-0.3, -0.25) is 24.1 Å². The van der Waals surface area contributed by atoms with Gasteiger partial charge in [0.1, 0.15) is 18.7 Å². The fourth-order valence-corrected chi connectivity index (χ4v) is 8.11. The molecule has 338 valence electrons. The number of nitrogens with two attached hydrogens (primary N) is 1. The van der Waals surface area contributed by atoms with Crippen molar-refractivity contribution >= 4 is 41.4 Å². The standard InChI is InChI=1S/C45H68N6O10/c1-11-29(4)40(49(6)38(53)26-47-43(55)39(28(2)3)50(7)45(57)61-27-32-19-21-33(46)22-20-32)36(58-8)25-37(52)51-23-15-18-35(51)41(59-9)30(5)42(54)48-34(44(56)60-10)24-31-16-13-12-14-17-31/h12-14,16-17,19-22,28-30,34-36,39-41H,11,15,18,23-27,46H2,1-10H3,(H,47,55)(H,48,54)/t29?,30-,34+,35+,36?,39+,40+,41-/m1/s1. The highest BCUT2D eigenvalue weighted by atomic mass is 16.6. The van der Waals surface area contributed by atoms with Gasteiger partial charge in [-0.1, -0.05) is 83.5 Å². The fraction of sp³-hybridized carbons (Fsp3) is 0.600. The lowest BCUT2D eigenvalue weighted by Gasteiger charge is -2.39. The first-order valence-electron chi connectivity index (χ1n) is 21.0. The zero-order chi connectivity index (χ0) is 45.4. The molecule has 16 heteroatoms. The van der Waals surface area contributed by atoms with Crippen LogP contribution in [-0.2, 0) is 55.9 Å². The third-order valence-corrected chi connectivity index (χ3v) is 11.8. The highest BCUT2D eigenvalue weighted by Crippen LogP contribution is 2.29. The Labute approximate surface area is 361 Å². The number of nitrogen functional groups attached to an aromatic ring is 1. The van der Waals surface area contributed by atoms with Gasteiger partial charge in [-0.2, -0.15) is 0 Å². The summed E-state index contributed by atoms with van der Waals surface area (Å²) in [5.41, 5.74) is 7.92. The molecule has 1 saturated heterocycles. The maximum absolute atomic E-state index is 14.2. The predicted octanol–water partition coefficient (Wildman–Crippen LogP) is 3.80. The molecule has 2 aromatic carbocycles. The van der Waals surface area contributed by atoms with Gasteiger partial charge in [-0.15, -0.1) is 0 Å². The first-order chi connectivity index (χ1) is 29.0. The zero-order valence-corrected chi connectivity index (χ0v) is 37.6. The van der Waals surface area contributed by atoms with Gasteiger partial charge in [-0.25, -0.2) is 9.59 Å². The van der Waals surface area contributed by atoms with Crippen LogP contribution in [0.1, 0.15) is 71.4 Å². The summed E-state index contributed by atoms with van der Waals surface area (Å²) in [7, 11) is 7.38. The summed E-state index contributed by atoms with van der Waals surface area (Å²) in [6.07, 6.45) is 0.0743. The minimum Gasteiger partial charge on any atom is -0.467 e. The van der Waals surface area contributed by atoms with Crippen LogP contribution >= 0.6 is 0 Å². The summed E-state index contributed by atoms with van der Waals surface area (Å²) in [6, 6.07) is 13.4. The molecule has 1 fully saturated rings. The number of hydrogen-bond donors (Lipinski definition) is 3. The van der Waals surface area contributed by atoms with Crippen molar-refractivity contribution in [2.75, 3.05) is 54.2 Å². The number of nitrogens with zero attached hydrogens (tertiary/aromatic N) is 3. The number of nitrogens with one attached hydrogen (secondary N) is 2. The van der Waals surface area contributed by atoms with E-state index in [2.05, 4.69) is 10.6 Å². The molecule has 2 unspecified atom stereocenters. The number of likely N-dealkylation sites (N-methyl/N-ethyl adjacent to an activating group) is 2. The van der Waals surface area contributed by atoms with E-state index in [1.54, 1.807) is 57.0 Å². The minimum absolute atomic E-state index is 0.00453. The van der Waals surface area contributed by atoms with Crippen LogP contribution < -0.4 is 16.4 Å². The summed E-state index contributed by atoms with van der Waals surface area (Å²) in [4.78, 5) is 85.3. The second-order valence-corrected chi connectivity index (χ2v) is 16.2. The van der Waals surface area contributed by atoms with Crippen LogP contribution in [0.25, 0.3) is 0 Å². The lowest BCUT2D eigenvalue weighted by atomic mass is 9.90. The van der Waals surface area contributed by atoms with Crippen LogP contribution in [0.3, 0.4) is 0 Å². The topological polar surface area (TPSA) is 199 Å². The molecule has 3 rings (SSSR count). The zero-order valence-electron chi connectivity index (χ0n) is 37.6. The average molecular weight is 853 g/mol. The number of esters is 1. The van der Waals surface area contributed by atoms with Crippen molar-refractivity contribution in [1.82, 2.24) is 25.3 Å². The van der Waals surface area contributed by atoms with E-state index in [9.17, 15) is 28.8 Å². The summed E-state index contributed by atoms with van der Waals surface area (Å²) in [5, 5.41) is 5.55. The summed E-state index contributed by atoms with van der Waals surface area (Å²) in [6.45, 7) is 9.36. The minimum atomic E-state index is -0.923. The number of likely N-dealkylation sites (tertiary alicyclic amines) is 1. The normalized spacial score (nSPS) is 17.2. The number of benzene rings is 2. The van der Waals surface area contributed by atoms with E-state index in [1.165, 1.54) is 38.2 Å². The van der Waals surface area contributed by atoms with Gasteiger partial charge >= 0.3 is 12.1 Å². The van der Waals surface area contributed by atoms with Crippen LogP contribution in [0.4, 0.5) is 10.5 Å². The Bertz CT molecular complexity index is 1740. The van der Waals surface area contributed by atoms with Crippen molar-refractivity contribution < 1.29 is 47.7 Å². The van der Waals surface area contributed by atoms with Gasteiger partial charge in [0.2, 0.25) is 23.6 Å². The second kappa shape index (κ2) is 24.3. The third kappa shape index (κ3) is 13.9. The summed E-state index contributed by atoms with van der Waals surface area (Å²) in [5.74, 6) is -3.25. The first-order valence-corrected chi connectivity index (χ1v) is 21.0. The Kier molecular flexibility index (Phi) is 20.0. The van der Waals surface area contributed by atoms with Crippen LogP contribution in [0.2, 0.25) is 0 Å². The number of rotatable bonds is 22. The molecule has 8 atom stereocenters. The molecule has 1 heterocycles. The van der Waals surface area contributed by atoms with Crippen LogP contribution in [0, 0.1) is 17.8 Å². The van der Waals surface area contributed by atoms with Gasteiger partial charge in [0.05, 0.1) is 50.3 Å². The molecule has 0 saturated carbocycles. The van der Waals surface area contributed by atoms with Crippen LogP contribution in [-0.4, -0.2) is 135 Å². The molecule has 0 aromatic heterocycles. The molecule has 2 aromatic rings. The Morgan fingerprint density at radius 3 is 2.10 bits per heavy atom. The Hall–Kier alpha value is -5.22. The Morgan fingerprint density at radius 2 is 1.52 bits per heavy atom. The Morgan fingerprint density at radius 1 is 0.869 bits per heavy atom. The number of ether oxygens (including phenoxy) is 4. The van der Waals surface area contributed by atoms with Crippen molar-refractivity contribution in [1.29, 1.82) is 0 Å². The van der Waals surface area contributed by atoms with E-state index in [-0.39, 0.29) is 43.7 Å². The fourth-order valence-electron chi connectivity index (χ4n) is 8.11. The smallest absolute Gasteiger partial charge is 0.410 e. The lowest BCUT2D eigenvalue weighted by molar-refractivity contribution is -0.148. The molecular weight excluding hydrogens is 785 g/mol. The van der Waals surface area contributed by atoms with E-state index in [0.29, 0.717) is 31.5 Å². The number of carbonyl (C=O) groups excluding carboxylic acids is 6. The number of carbonyl (C=O) groups is 6. The van der Waals surface area contributed by atoms with Gasteiger partial charge in [0.15, 0.2) is 0 Å². The molecule has 4 N–H and O–H groups in total. The van der Waals surface area contributed by atoms with Gasteiger partial charge in [0, 0.05) is 47.0 Å². The van der Waals surface area contributed by atoms with E-state index in [4.69, 9.17) is 24.7 Å². The second-order valence-electron chi connectivity index (χ2n) is 16.2. The molecule has 0 aliphatic carbocycles. The van der Waals surface area contributed by atoms with Crippen molar-refractivity contribution in [2.45, 2.75) is 110 Å². The summed E-state index contributed by atoms with van der Waals surface area (Å²) < 4.78 is 22.3. The molecule has 5 amide bonds. The van der Waals surface area contributed by atoms with E-state index >= 15 is 0 Å². The van der Waals surface area contributed by atoms with E-state index in [1.807, 2.05) is 44.2 Å². The summed E-state index contributed by atoms with van der Waals surface area (Å²) >= 11 is 0. The van der Waals surface area contributed by atoms with Crippen molar-refractivity contribution in [2.24, 2.45) is 17.8 Å². The molecule has 61 heavy (non-hydrogen) atoms. The van der Waals surface area contributed by atoms with Gasteiger partial charge in [0.25, 0.3) is 0 Å². The maximum Gasteiger partial charge on any atom is 0.410 e. The van der Waals surface area contributed by atoms with Gasteiger partial charge in [-0.05, 0) is 47.9 Å². The molecular formula is C45H68N6O10. The molecule has 0 bridgehead atoms. The van der Waals surface area contributed by atoms with E-state index in [0.717, 1.165) is 11.1 Å². The molecule has 16 nitrogen and oxygen atoms in total. The predicted molar refractivity (Wildman–Crippen MR) is 231 cm³/mol. The number of amides is 5. The number of methoxy groups -OCH3 is 3. The SMILES string of the molecule is CCC(C)[C@@H](C(CC(=O)N1CCC[C@H]1[C@H](OC)[C@@H](C)C(=O)N[C@@H](Cc1ccccc1)C(=O)OC)OC)N(C)C(=O)CNC(=O)[C@H](C(C)C)N(C)C(=O)OCc1ccc(N)cc1. The van der Waals surface area contributed by atoms with Crippen LogP contribution in [0.5, 0.6) is 0 Å². The maximum atomic E-state index is 14.2. The Balaban J connectivity index is 1.68. The number of anilines is 1. The van der Waals surface area contributed by atoms with Crippen molar-refractivity contribution in [3.8, 4) is 0 Å². The molecule has 0 spiro atoms. The molecule has 1 aliphatic rings. The first kappa shape index (κ1) is 50.1. The third-order valence-electron chi connectivity index (χ3n) is 11.8. The van der Waals surface area contributed by atoms with Crippen LogP contribution in [0.15, 0.2) is 54.6 Å². The van der Waals surface area contributed by atoms with E-state index < -0.39 is 72.1 Å². The highest BCUT2D eigenvalue weighted by molar-refractivity contribution is 5.90. The van der Waals surface area contributed by atoms with Gasteiger partial charge < -0.3 is 45.1 Å². The lowest BCUT2D eigenvalue weighted by Crippen LogP contribution is -2.56. The monoisotopic (exact) mass is 852 g/mol. The van der Waals surface area contributed by atoms with Crippen molar-refractivity contribution in [3.05, 3.63) is 65.7 Å². The average Bonchev–Trinajstić information content (AvgIpc) is 3.74. The molecule has 0 radical (unpaired) electrons. The number of hydrogen-bond acceptors (Lipinski definition) is 11.